The molecule has 0 aromatic heterocycles. The SMILES string of the molecule is COc1cc(C)c2c(c1-c1ccc(C)c3c(OC)cc(CO[Si](C(C)C)(C(C)C)C(C)C)cc13)C[C@@H](CO[Si](C)(C)C(C)(C)C)N(C(=O)C(C)(C)C)[C@H]2C. The minimum absolute atomic E-state index is 0.0535. The zero-order valence-electron chi connectivity index (χ0n) is 37.4. The molecule has 3 aromatic rings. The smallest absolute Gasteiger partial charge is 0.228 e. The molecule has 0 unspecified atom stereocenters. The number of hydrogen-bond acceptors (Lipinski definition) is 5. The zero-order valence-corrected chi connectivity index (χ0v) is 39.4. The fourth-order valence-corrected chi connectivity index (χ4v) is 15.6. The number of amides is 1. The maximum atomic E-state index is 14.4. The molecular weight excluding hydrogens is 703 g/mol. The third kappa shape index (κ3) is 8.10. The van der Waals surface area contributed by atoms with Crippen molar-refractivity contribution < 1.29 is 23.1 Å². The molecule has 0 saturated heterocycles. The summed E-state index contributed by atoms with van der Waals surface area (Å²) in [5, 5.41) is 2.28. The summed E-state index contributed by atoms with van der Waals surface area (Å²) in [6.07, 6.45) is 0.671. The number of aryl methyl sites for hydroxylation is 2. The van der Waals surface area contributed by atoms with E-state index in [1.54, 1.807) is 14.2 Å². The Hall–Kier alpha value is -2.66. The van der Waals surface area contributed by atoms with Gasteiger partial charge >= 0.3 is 0 Å². The largest absolute Gasteiger partial charge is 0.496 e. The molecule has 0 N–H and O–H groups in total. The Balaban J connectivity index is 2.01. The van der Waals surface area contributed by atoms with E-state index >= 15 is 0 Å². The van der Waals surface area contributed by atoms with Gasteiger partial charge < -0.3 is 23.2 Å². The van der Waals surface area contributed by atoms with E-state index in [-0.39, 0.29) is 23.0 Å². The monoisotopic (exact) mass is 776 g/mol. The molecule has 0 radical (unpaired) electrons. The lowest BCUT2D eigenvalue weighted by Crippen LogP contribution is -2.54. The molecule has 300 valence electrons. The molecule has 0 spiro atoms. The van der Waals surface area contributed by atoms with E-state index in [4.69, 9.17) is 18.3 Å². The van der Waals surface area contributed by atoms with Gasteiger partial charge in [0, 0.05) is 16.4 Å². The first-order valence-corrected chi connectivity index (χ1v) is 25.3. The van der Waals surface area contributed by atoms with Gasteiger partial charge in [-0.05, 0) is 119 Å². The average molecular weight is 776 g/mol. The number of carbonyl (C=O) groups excluding carboxylic acids is 1. The molecule has 0 aliphatic carbocycles. The summed E-state index contributed by atoms with van der Waals surface area (Å²) in [6.45, 7) is 39.1. The summed E-state index contributed by atoms with van der Waals surface area (Å²) in [5.74, 6) is 1.85. The normalized spacial score (nSPS) is 17.2. The Labute approximate surface area is 330 Å². The Morgan fingerprint density at radius 3 is 1.91 bits per heavy atom. The number of fused-ring (bicyclic) bond motifs is 2. The number of benzene rings is 3. The van der Waals surface area contributed by atoms with Crippen LogP contribution in [0.4, 0.5) is 0 Å². The molecule has 0 bridgehead atoms. The fourth-order valence-electron chi connectivity index (χ4n) is 9.14. The van der Waals surface area contributed by atoms with Crippen molar-refractivity contribution in [2.24, 2.45) is 5.41 Å². The molecule has 8 heteroatoms. The second-order valence-corrected chi connectivity index (χ2v) is 29.8. The summed E-state index contributed by atoms with van der Waals surface area (Å²) in [6, 6.07) is 10.9. The van der Waals surface area contributed by atoms with Crippen molar-refractivity contribution in [2.45, 2.75) is 164 Å². The van der Waals surface area contributed by atoms with Gasteiger partial charge in [-0.1, -0.05) is 95.2 Å². The Bertz CT molecular complexity index is 1810. The molecule has 6 nitrogen and oxygen atoms in total. The Kier molecular flexibility index (Phi) is 13.1. The first-order chi connectivity index (χ1) is 24.8. The van der Waals surface area contributed by atoms with E-state index in [0.29, 0.717) is 36.3 Å². The van der Waals surface area contributed by atoms with Gasteiger partial charge in [0.2, 0.25) is 14.2 Å². The molecular formula is C46H73NO5Si2. The number of carbonyl (C=O) groups is 1. The minimum Gasteiger partial charge on any atom is -0.496 e. The first kappa shape index (κ1) is 44.1. The van der Waals surface area contributed by atoms with E-state index in [9.17, 15) is 4.79 Å². The second-order valence-electron chi connectivity index (χ2n) is 19.5. The van der Waals surface area contributed by atoms with Gasteiger partial charge in [-0.25, -0.2) is 0 Å². The fraction of sp³-hybridized carbons (Fsp3) is 0.630. The van der Waals surface area contributed by atoms with Gasteiger partial charge in [0.05, 0.1) is 39.5 Å². The lowest BCUT2D eigenvalue weighted by atomic mass is 9.78. The highest BCUT2D eigenvalue weighted by atomic mass is 28.4. The molecule has 2 atom stereocenters. The zero-order chi connectivity index (χ0) is 40.9. The molecule has 54 heavy (non-hydrogen) atoms. The van der Waals surface area contributed by atoms with Gasteiger partial charge in [-0.2, -0.15) is 0 Å². The predicted octanol–water partition coefficient (Wildman–Crippen LogP) is 12.7. The highest BCUT2D eigenvalue weighted by molar-refractivity contribution is 6.77. The predicted molar refractivity (Wildman–Crippen MR) is 233 cm³/mol. The summed E-state index contributed by atoms with van der Waals surface area (Å²) in [4.78, 5) is 16.5. The van der Waals surface area contributed by atoms with Crippen LogP contribution >= 0.6 is 0 Å². The van der Waals surface area contributed by atoms with Crippen LogP contribution in [-0.2, 0) is 26.7 Å². The van der Waals surface area contributed by atoms with Crippen molar-refractivity contribution in [1.29, 1.82) is 0 Å². The number of hydrogen-bond donors (Lipinski definition) is 0. The average Bonchev–Trinajstić information content (AvgIpc) is 3.05. The molecule has 0 saturated carbocycles. The lowest BCUT2D eigenvalue weighted by Gasteiger charge is -2.47. The van der Waals surface area contributed by atoms with Gasteiger partial charge in [-0.3, -0.25) is 4.79 Å². The molecule has 0 fully saturated rings. The van der Waals surface area contributed by atoms with Gasteiger partial charge in [0.25, 0.3) is 0 Å². The lowest BCUT2D eigenvalue weighted by molar-refractivity contribution is -0.146. The van der Waals surface area contributed by atoms with E-state index in [1.165, 1.54) is 11.1 Å². The van der Waals surface area contributed by atoms with E-state index < -0.39 is 22.0 Å². The minimum atomic E-state index is -2.11. The van der Waals surface area contributed by atoms with Crippen LogP contribution in [0.25, 0.3) is 21.9 Å². The Morgan fingerprint density at radius 2 is 1.41 bits per heavy atom. The summed E-state index contributed by atoms with van der Waals surface area (Å²) < 4.78 is 26.6. The van der Waals surface area contributed by atoms with E-state index in [2.05, 4.69) is 131 Å². The van der Waals surface area contributed by atoms with Crippen LogP contribution < -0.4 is 9.47 Å². The number of methoxy groups -OCH3 is 2. The molecule has 1 amide bonds. The van der Waals surface area contributed by atoms with Crippen molar-refractivity contribution in [3.05, 3.63) is 58.1 Å². The molecule has 1 aliphatic heterocycles. The van der Waals surface area contributed by atoms with Gasteiger partial charge in [0.1, 0.15) is 11.5 Å². The third-order valence-electron chi connectivity index (χ3n) is 12.9. The van der Waals surface area contributed by atoms with Gasteiger partial charge in [0.15, 0.2) is 8.32 Å². The van der Waals surface area contributed by atoms with Crippen molar-refractivity contribution in [2.75, 3.05) is 20.8 Å². The topological polar surface area (TPSA) is 57.2 Å². The quantitative estimate of drug-likeness (QED) is 0.172. The van der Waals surface area contributed by atoms with E-state index in [1.807, 2.05) is 20.8 Å². The van der Waals surface area contributed by atoms with Crippen LogP contribution in [0.15, 0.2) is 30.3 Å². The van der Waals surface area contributed by atoms with Crippen LogP contribution in [0.5, 0.6) is 11.5 Å². The van der Waals surface area contributed by atoms with Crippen molar-refractivity contribution in [3.63, 3.8) is 0 Å². The van der Waals surface area contributed by atoms with Crippen LogP contribution in [0, 0.1) is 19.3 Å². The highest BCUT2D eigenvalue weighted by Gasteiger charge is 2.46. The van der Waals surface area contributed by atoms with Crippen molar-refractivity contribution >= 4 is 33.3 Å². The molecule has 4 rings (SSSR count). The van der Waals surface area contributed by atoms with Crippen LogP contribution in [0.1, 0.15) is 124 Å². The third-order valence-corrected chi connectivity index (χ3v) is 23.4. The maximum Gasteiger partial charge on any atom is 0.228 e. The van der Waals surface area contributed by atoms with E-state index in [0.717, 1.165) is 50.1 Å². The number of ether oxygens (including phenoxy) is 2. The van der Waals surface area contributed by atoms with Crippen LogP contribution in [-0.4, -0.2) is 54.3 Å². The number of nitrogens with zero attached hydrogens (tertiary/aromatic N) is 1. The second kappa shape index (κ2) is 16.1. The highest BCUT2D eigenvalue weighted by Crippen LogP contribution is 2.50. The summed E-state index contributed by atoms with van der Waals surface area (Å²) >= 11 is 0. The Morgan fingerprint density at radius 1 is 0.833 bits per heavy atom. The first-order valence-electron chi connectivity index (χ1n) is 20.3. The number of rotatable bonds is 12. The molecule has 1 heterocycles. The van der Waals surface area contributed by atoms with Crippen LogP contribution in [0.3, 0.4) is 0 Å². The standard InChI is InChI=1S/C46H73NO5Si2/c1-28(2)54(29(3)4,30(5)6)52-26-34-23-37-36(21-20-31(7)42(37)40(24-34)50-17)43-38-25-35(27-51-53(18,19)46(13,14)15)47(44(48)45(10,11)12)33(9)41(38)32(8)22-39(43)49-16/h20-24,28-30,33,35H,25-27H2,1-19H3/t33-,35-/m0/s1. The summed E-state index contributed by atoms with van der Waals surface area (Å²) in [5.41, 5.74) is 8.96. The maximum absolute atomic E-state index is 14.4. The molecule has 1 aliphatic rings. The summed E-state index contributed by atoms with van der Waals surface area (Å²) in [7, 11) is -0.681. The van der Waals surface area contributed by atoms with Crippen molar-refractivity contribution in [1.82, 2.24) is 4.90 Å². The molecule has 3 aromatic carbocycles. The van der Waals surface area contributed by atoms with Gasteiger partial charge in [-0.15, -0.1) is 0 Å². The van der Waals surface area contributed by atoms with Crippen LogP contribution in [0.2, 0.25) is 34.8 Å². The van der Waals surface area contributed by atoms with Crippen molar-refractivity contribution in [3.8, 4) is 22.6 Å².